The molecule has 0 atom stereocenters. The smallest absolute Gasteiger partial charge is 0.139 e. The number of hydrogen-bond donors (Lipinski definition) is 1. The molecule has 0 radical (unpaired) electrons. The van der Waals surface area contributed by atoms with Gasteiger partial charge in [-0.3, -0.25) is 0 Å². The second kappa shape index (κ2) is 5.64. The molecule has 0 saturated carbocycles. The van der Waals surface area contributed by atoms with Gasteiger partial charge in [-0.2, -0.15) is 0 Å². The molecule has 0 fully saturated rings. The van der Waals surface area contributed by atoms with E-state index in [-0.39, 0.29) is 17.9 Å². The number of nitrogen functional groups attached to an aromatic ring is 1. The van der Waals surface area contributed by atoms with Gasteiger partial charge < -0.3 is 5.73 Å². The highest BCUT2D eigenvalue weighted by Gasteiger charge is 2.02. The molecule has 0 saturated heterocycles. The first-order valence-electron chi connectivity index (χ1n) is 4.70. The fraction of sp³-hybridized carbons (Fsp3) is 0.273. The molecule has 0 spiro atoms. The maximum atomic E-state index is 13.4. The first kappa shape index (κ1) is 11.9. The first-order chi connectivity index (χ1) is 7.65. The summed E-state index contributed by atoms with van der Waals surface area (Å²) >= 11 is 0. The Bertz CT molecular complexity index is 493. The third kappa shape index (κ3) is 3.19. The number of aryl methyl sites for hydroxylation is 1. The lowest BCUT2D eigenvalue weighted by molar-refractivity contribution is 0.623. The van der Waals surface area contributed by atoms with Crippen LogP contribution in [0.2, 0.25) is 0 Å². The number of rotatable bonds is 2. The molecule has 0 aliphatic heterocycles. The van der Waals surface area contributed by atoms with Crippen LogP contribution in [0, 0.1) is 24.6 Å². The second-order valence-electron chi connectivity index (χ2n) is 3.19. The summed E-state index contributed by atoms with van der Waals surface area (Å²) in [5.74, 6) is 4.98. The molecule has 1 rings (SSSR count). The van der Waals surface area contributed by atoms with Crippen molar-refractivity contribution < 1.29 is 4.39 Å². The Kier molecular flexibility index (Phi) is 4.19. The Hall–Kier alpha value is -2.18. The zero-order chi connectivity index (χ0) is 12.0. The van der Waals surface area contributed by atoms with E-state index in [0.717, 1.165) is 0 Å². The average molecular weight is 218 g/mol. The van der Waals surface area contributed by atoms with E-state index in [1.165, 1.54) is 12.1 Å². The second-order valence-corrected chi connectivity index (χ2v) is 3.19. The highest BCUT2D eigenvalue weighted by Crippen LogP contribution is 2.16. The van der Waals surface area contributed by atoms with Crippen molar-refractivity contribution in [3.63, 3.8) is 0 Å². The minimum atomic E-state index is -0.386. The lowest BCUT2D eigenvalue weighted by Crippen LogP contribution is -1.93. The number of nitrogens with zero attached hydrogens (tertiary/aromatic N) is 3. The van der Waals surface area contributed by atoms with Crippen molar-refractivity contribution in [2.45, 2.75) is 13.3 Å². The molecule has 0 bridgehead atoms. The van der Waals surface area contributed by atoms with Crippen molar-refractivity contribution in [1.29, 1.82) is 0 Å². The third-order valence-electron chi connectivity index (χ3n) is 1.98. The van der Waals surface area contributed by atoms with Crippen LogP contribution >= 0.6 is 0 Å². The van der Waals surface area contributed by atoms with Crippen molar-refractivity contribution in [1.82, 2.24) is 0 Å². The van der Waals surface area contributed by atoms with Crippen LogP contribution in [-0.2, 0) is 0 Å². The molecule has 0 unspecified atom stereocenters. The Balaban J connectivity index is 2.80. The fourth-order valence-corrected chi connectivity index (χ4v) is 1.09. The van der Waals surface area contributed by atoms with Crippen LogP contribution in [0.3, 0.4) is 0 Å². The summed E-state index contributed by atoms with van der Waals surface area (Å²) in [6.07, 6.45) is 0.400. The molecule has 0 amide bonds. The summed E-state index contributed by atoms with van der Waals surface area (Å²) in [5.41, 5.74) is 15.1. The molecule has 16 heavy (non-hydrogen) atoms. The van der Waals surface area contributed by atoms with E-state index >= 15 is 0 Å². The predicted octanol–water partition coefficient (Wildman–Crippen LogP) is 2.77. The highest BCUT2D eigenvalue weighted by atomic mass is 19.1. The Morgan fingerprint density at radius 3 is 3.00 bits per heavy atom. The maximum Gasteiger partial charge on any atom is 0.139 e. The Labute approximate surface area is 92.9 Å². The zero-order valence-corrected chi connectivity index (χ0v) is 8.87. The molecule has 82 valence electrons. The molecule has 2 N–H and O–H groups in total. The fourth-order valence-electron chi connectivity index (χ4n) is 1.09. The van der Waals surface area contributed by atoms with Gasteiger partial charge in [0.25, 0.3) is 0 Å². The molecule has 1 aromatic rings. The average Bonchev–Trinajstić information content (AvgIpc) is 2.25. The van der Waals surface area contributed by atoms with E-state index in [2.05, 4.69) is 21.9 Å². The van der Waals surface area contributed by atoms with E-state index in [1.54, 1.807) is 6.92 Å². The van der Waals surface area contributed by atoms with Gasteiger partial charge in [-0.05, 0) is 30.2 Å². The van der Waals surface area contributed by atoms with Crippen LogP contribution in [0.5, 0.6) is 0 Å². The van der Waals surface area contributed by atoms with Crippen LogP contribution in [0.4, 0.5) is 10.1 Å². The standard InChI is InChI=1S/C11H11FN4/c1-8-6-10(12)9(7-11(8)13)4-2-3-5-15-16-14/h6-7H,3,5,13H2,1H3. The van der Waals surface area contributed by atoms with Gasteiger partial charge in [-0.1, -0.05) is 17.0 Å². The van der Waals surface area contributed by atoms with E-state index in [0.29, 0.717) is 17.7 Å². The summed E-state index contributed by atoms with van der Waals surface area (Å²) in [5, 5.41) is 3.32. The van der Waals surface area contributed by atoms with E-state index in [9.17, 15) is 4.39 Å². The monoisotopic (exact) mass is 218 g/mol. The Morgan fingerprint density at radius 1 is 1.56 bits per heavy atom. The molecular formula is C11H11FN4. The van der Waals surface area contributed by atoms with Gasteiger partial charge in [0.05, 0.1) is 5.56 Å². The molecule has 0 aliphatic carbocycles. The highest BCUT2D eigenvalue weighted by molar-refractivity contribution is 5.53. The SMILES string of the molecule is Cc1cc(F)c(C#CCCN=[N+]=[N-])cc1N. The normalized spacial score (nSPS) is 8.88. The summed E-state index contributed by atoms with van der Waals surface area (Å²) < 4.78 is 13.4. The molecule has 0 aromatic heterocycles. The molecule has 5 heteroatoms. The number of nitrogens with two attached hydrogens (primary N) is 1. The molecular weight excluding hydrogens is 207 g/mol. The minimum Gasteiger partial charge on any atom is -0.398 e. The molecule has 1 aromatic carbocycles. The van der Waals surface area contributed by atoms with Crippen molar-refractivity contribution in [3.8, 4) is 11.8 Å². The van der Waals surface area contributed by atoms with Crippen LogP contribution in [-0.4, -0.2) is 6.54 Å². The third-order valence-corrected chi connectivity index (χ3v) is 1.98. The minimum absolute atomic E-state index is 0.268. The van der Waals surface area contributed by atoms with Crippen molar-refractivity contribution in [2.75, 3.05) is 12.3 Å². The van der Waals surface area contributed by atoms with Crippen LogP contribution < -0.4 is 5.73 Å². The Morgan fingerprint density at radius 2 is 2.31 bits per heavy atom. The van der Waals surface area contributed by atoms with Gasteiger partial charge in [-0.15, -0.1) is 0 Å². The van der Waals surface area contributed by atoms with Crippen molar-refractivity contribution in [3.05, 3.63) is 39.5 Å². The molecule has 0 heterocycles. The van der Waals surface area contributed by atoms with Gasteiger partial charge in [0.15, 0.2) is 0 Å². The zero-order valence-electron chi connectivity index (χ0n) is 8.87. The topological polar surface area (TPSA) is 74.8 Å². The van der Waals surface area contributed by atoms with Crippen LogP contribution in [0.1, 0.15) is 17.5 Å². The maximum absolute atomic E-state index is 13.4. The van der Waals surface area contributed by atoms with E-state index in [1.807, 2.05) is 0 Å². The number of halogens is 1. The van der Waals surface area contributed by atoms with Gasteiger partial charge >= 0.3 is 0 Å². The van der Waals surface area contributed by atoms with Crippen molar-refractivity contribution in [2.24, 2.45) is 5.11 Å². The van der Waals surface area contributed by atoms with Gasteiger partial charge in [0, 0.05) is 23.6 Å². The quantitative estimate of drug-likeness (QED) is 0.203. The lowest BCUT2D eigenvalue weighted by atomic mass is 10.1. The number of azide groups is 1. The summed E-state index contributed by atoms with van der Waals surface area (Å²) in [6.45, 7) is 2.02. The van der Waals surface area contributed by atoms with Crippen molar-refractivity contribution >= 4 is 5.69 Å². The van der Waals surface area contributed by atoms with E-state index < -0.39 is 0 Å². The summed E-state index contributed by atoms with van der Waals surface area (Å²) in [6, 6.07) is 2.86. The summed E-state index contributed by atoms with van der Waals surface area (Å²) in [4.78, 5) is 2.59. The number of hydrogen-bond acceptors (Lipinski definition) is 2. The van der Waals surface area contributed by atoms with Gasteiger partial charge in [0.2, 0.25) is 0 Å². The summed E-state index contributed by atoms with van der Waals surface area (Å²) in [7, 11) is 0. The van der Waals surface area contributed by atoms with Crippen LogP contribution in [0.15, 0.2) is 17.2 Å². The molecule has 0 aliphatic rings. The predicted molar refractivity (Wildman–Crippen MR) is 61.1 cm³/mol. The van der Waals surface area contributed by atoms with Crippen LogP contribution in [0.25, 0.3) is 10.4 Å². The largest absolute Gasteiger partial charge is 0.398 e. The lowest BCUT2D eigenvalue weighted by Gasteiger charge is -2.01. The number of benzene rings is 1. The number of anilines is 1. The van der Waals surface area contributed by atoms with E-state index in [4.69, 9.17) is 11.3 Å². The van der Waals surface area contributed by atoms with Gasteiger partial charge in [0.1, 0.15) is 5.82 Å². The van der Waals surface area contributed by atoms with Gasteiger partial charge in [-0.25, -0.2) is 4.39 Å². The first-order valence-corrected chi connectivity index (χ1v) is 4.70. The molecule has 4 nitrogen and oxygen atoms in total.